The number of halogens is 2. The lowest BCUT2D eigenvalue weighted by atomic mass is 10.3. The molecule has 0 saturated heterocycles. The molecule has 2 rings (SSSR count). The van der Waals surface area contributed by atoms with E-state index in [2.05, 4.69) is 5.10 Å². The Hall–Kier alpha value is -1.39. The van der Waals surface area contributed by atoms with Crippen molar-refractivity contribution in [1.82, 2.24) is 9.78 Å². The van der Waals surface area contributed by atoms with Crippen LogP contribution in [0, 0.1) is 13.8 Å². The topological polar surface area (TPSA) is 53.1 Å². The van der Waals surface area contributed by atoms with Gasteiger partial charge in [-0.1, -0.05) is 23.2 Å². The SMILES string of the molecule is Cc1nn(COc2cc(Cl)cc(Cl)c2)c(C)c1N. The average Bonchev–Trinajstić information content (AvgIpc) is 2.53. The maximum atomic E-state index is 5.89. The van der Waals surface area contributed by atoms with Crippen LogP contribution in [0.5, 0.6) is 5.75 Å². The first-order chi connectivity index (χ1) is 8.47. The first-order valence-electron chi connectivity index (χ1n) is 5.35. The van der Waals surface area contributed by atoms with E-state index in [0.29, 0.717) is 21.5 Å². The first kappa shape index (κ1) is 13.1. The molecule has 0 radical (unpaired) electrons. The maximum Gasteiger partial charge on any atom is 0.181 e. The monoisotopic (exact) mass is 285 g/mol. The molecule has 0 amide bonds. The predicted molar refractivity (Wildman–Crippen MR) is 73.2 cm³/mol. The molecule has 0 bridgehead atoms. The van der Waals surface area contributed by atoms with Gasteiger partial charge in [-0.2, -0.15) is 5.10 Å². The molecule has 2 N–H and O–H groups in total. The van der Waals surface area contributed by atoms with Crippen molar-refractivity contribution >= 4 is 28.9 Å². The third-order valence-corrected chi connectivity index (χ3v) is 3.06. The van der Waals surface area contributed by atoms with E-state index in [1.165, 1.54) is 0 Å². The Morgan fingerprint density at radius 3 is 2.33 bits per heavy atom. The number of hydrogen-bond donors (Lipinski definition) is 1. The fourth-order valence-corrected chi connectivity index (χ4v) is 2.09. The number of nitrogens with two attached hydrogens (primary N) is 1. The summed E-state index contributed by atoms with van der Waals surface area (Å²) in [6.07, 6.45) is 0. The standard InChI is InChI=1S/C12H13Cl2N3O/c1-7-12(15)8(2)17(16-7)6-18-11-4-9(13)3-10(14)5-11/h3-5H,6,15H2,1-2H3. The zero-order valence-electron chi connectivity index (χ0n) is 10.1. The predicted octanol–water partition coefficient (Wildman–Crippen LogP) is 3.43. The molecule has 1 heterocycles. The number of nitrogens with zero attached hydrogens (tertiary/aromatic N) is 2. The largest absolute Gasteiger partial charge is 0.471 e. The minimum absolute atomic E-state index is 0.264. The second kappa shape index (κ2) is 5.08. The summed E-state index contributed by atoms with van der Waals surface area (Å²) in [7, 11) is 0. The van der Waals surface area contributed by atoms with E-state index in [0.717, 1.165) is 11.4 Å². The number of hydrogen-bond acceptors (Lipinski definition) is 3. The van der Waals surface area contributed by atoms with Crippen LogP contribution in [0.2, 0.25) is 10.0 Å². The molecule has 1 aromatic heterocycles. The van der Waals surface area contributed by atoms with Crippen molar-refractivity contribution in [3.05, 3.63) is 39.6 Å². The Balaban J connectivity index is 2.13. The summed E-state index contributed by atoms with van der Waals surface area (Å²) in [4.78, 5) is 0. The van der Waals surface area contributed by atoms with Crippen LogP contribution in [-0.4, -0.2) is 9.78 Å². The Kier molecular flexibility index (Phi) is 3.68. The van der Waals surface area contributed by atoms with Crippen molar-refractivity contribution in [3.63, 3.8) is 0 Å². The van der Waals surface area contributed by atoms with Gasteiger partial charge in [0.25, 0.3) is 0 Å². The van der Waals surface area contributed by atoms with Crippen LogP contribution in [0.1, 0.15) is 11.4 Å². The molecule has 0 spiro atoms. The van der Waals surface area contributed by atoms with E-state index in [1.54, 1.807) is 22.9 Å². The summed E-state index contributed by atoms with van der Waals surface area (Å²) >= 11 is 11.8. The Labute approximate surface area is 115 Å². The molecule has 2 aromatic rings. The van der Waals surface area contributed by atoms with Gasteiger partial charge in [-0.3, -0.25) is 0 Å². The number of ether oxygens (including phenoxy) is 1. The number of nitrogen functional groups attached to an aromatic ring is 1. The summed E-state index contributed by atoms with van der Waals surface area (Å²) < 4.78 is 7.27. The van der Waals surface area contributed by atoms with Gasteiger partial charge in [-0.05, 0) is 32.0 Å². The van der Waals surface area contributed by atoms with E-state index >= 15 is 0 Å². The van der Waals surface area contributed by atoms with E-state index < -0.39 is 0 Å². The number of rotatable bonds is 3. The van der Waals surface area contributed by atoms with Gasteiger partial charge in [0.05, 0.1) is 17.1 Å². The molecule has 0 aliphatic carbocycles. The zero-order valence-corrected chi connectivity index (χ0v) is 11.6. The molecular weight excluding hydrogens is 273 g/mol. The van der Waals surface area contributed by atoms with E-state index in [1.807, 2.05) is 13.8 Å². The summed E-state index contributed by atoms with van der Waals surface area (Å²) in [5.74, 6) is 0.596. The Bertz CT molecular complexity index is 561. The van der Waals surface area contributed by atoms with E-state index in [9.17, 15) is 0 Å². The maximum absolute atomic E-state index is 5.89. The molecule has 6 heteroatoms. The van der Waals surface area contributed by atoms with Crippen LogP contribution in [-0.2, 0) is 6.73 Å². The van der Waals surface area contributed by atoms with Gasteiger partial charge in [0, 0.05) is 10.0 Å². The highest BCUT2D eigenvalue weighted by atomic mass is 35.5. The van der Waals surface area contributed by atoms with E-state index in [-0.39, 0.29) is 6.73 Å². The van der Waals surface area contributed by atoms with Crippen LogP contribution in [0.15, 0.2) is 18.2 Å². The minimum Gasteiger partial charge on any atom is -0.471 e. The second-order valence-electron chi connectivity index (χ2n) is 3.96. The van der Waals surface area contributed by atoms with Crippen molar-refractivity contribution in [2.45, 2.75) is 20.6 Å². The van der Waals surface area contributed by atoms with Gasteiger partial charge < -0.3 is 10.5 Å². The van der Waals surface area contributed by atoms with Gasteiger partial charge in [0.15, 0.2) is 6.73 Å². The van der Waals surface area contributed by atoms with Gasteiger partial charge in [0.1, 0.15) is 5.75 Å². The van der Waals surface area contributed by atoms with Crippen LogP contribution in [0.4, 0.5) is 5.69 Å². The molecular formula is C12H13Cl2N3O. The second-order valence-corrected chi connectivity index (χ2v) is 4.84. The van der Waals surface area contributed by atoms with Crippen molar-refractivity contribution in [3.8, 4) is 5.75 Å². The fourth-order valence-electron chi connectivity index (χ4n) is 1.58. The summed E-state index contributed by atoms with van der Waals surface area (Å²) in [5.41, 5.74) is 8.19. The first-order valence-corrected chi connectivity index (χ1v) is 6.11. The summed E-state index contributed by atoms with van der Waals surface area (Å²) in [6.45, 7) is 4.01. The molecule has 0 fully saturated rings. The third-order valence-electron chi connectivity index (χ3n) is 2.63. The molecule has 0 aliphatic rings. The molecule has 0 aliphatic heterocycles. The lowest BCUT2D eigenvalue weighted by molar-refractivity contribution is 0.218. The molecule has 0 atom stereocenters. The molecule has 4 nitrogen and oxygen atoms in total. The number of anilines is 1. The van der Waals surface area contributed by atoms with Gasteiger partial charge >= 0.3 is 0 Å². The highest BCUT2D eigenvalue weighted by Gasteiger charge is 2.08. The smallest absolute Gasteiger partial charge is 0.181 e. The number of aryl methyl sites for hydroxylation is 1. The molecule has 96 valence electrons. The van der Waals surface area contributed by atoms with Crippen molar-refractivity contribution in [2.24, 2.45) is 0 Å². The molecule has 0 saturated carbocycles. The van der Waals surface area contributed by atoms with Gasteiger partial charge in [0.2, 0.25) is 0 Å². The van der Waals surface area contributed by atoms with Crippen LogP contribution < -0.4 is 10.5 Å². The zero-order chi connectivity index (χ0) is 13.3. The minimum atomic E-state index is 0.264. The van der Waals surface area contributed by atoms with E-state index in [4.69, 9.17) is 33.7 Å². The fraction of sp³-hybridized carbons (Fsp3) is 0.250. The van der Waals surface area contributed by atoms with Crippen LogP contribution in [0.3, 0.4) is 0 Å². The highest BCUT2D eigenvalue weighted by Crippen LogP contribution is 2.24. The molecule has 18 heavy (non-hydrogen) atoms. The quantitative estimate of drug-likeness (QED) is 0.940. The van der Waals surface area contributed by atoms with Crippen LogP contribution >= 0.6 is 23.2 Å². The lowest BCUT2D eigenvalue weighted by Crippen LogP contribution is -2.08. The number of aromatic nitrogens is 2. The highest BCUT2D eigenvalue weighted by molar-refractivity contribution is 6.34. The normalized spacial score (nSPS) is 10.7. The van der Waals surface area contributed by atoms with Crippen molar-refractivity contribution in [1.29, 1.82) is 0 Å². The van der Waals surface area contributed by atoms with Crippen LogP contribution in [0.25, 0.3) is 0 Å². The number of benzene rings is 1. The average molecular weight is 286 g/mol. The summed E-state index contributed by atoms with van der Waals surface area (Å²) in [5, 5.41) is 5.34. The Morgan fingerprint density at radius 2 is 1.83 bits per heavy atom. The van der Waals surface area contributed by atoms with Crippen molar-refractivity contribution < 1.29 is 4.74 Å². The lowest BCUT2D eigenvalue weighted by Gasteiger charge is -2.08. The molecule has 1 aromatic carbocycles. The summed E-state index contributed by atoms with van der Waals surface area (Å²) in [6, 6.07) is 5.04. The van der Waals surface area contributed by atoms with Gasteiger partial charge in [-0.15, -0.1) is 0 Å². The van der Waals surface area contributed by atoms with Crippen molar-refractivity contribution in [2.75, 3.05) is 5.73 Å². The Morgan fingerprint density at radius 1 is 1.22 bits per heavy atom. The molecule has 0 unspecified atom stereocenters. The third kappa shape index (κ3) is 2.71. The van der Waals surface area contributed by atoms with Gasteiger partial charge in [-0.25, -0.2) is 4.68 Å².